The van der Waals surface area contributed by atoms with Crippen LogP contribution in [-0.4, -0.2) is 63.0 Å². The van der Waals surface area contributed by atoms with Crippen molar-refractivity contribution >= 4 is 22.0 Å². The molecule has 0 aliphatic carbocycles. The number of hydrazine groups is 1. The summed E-state index contributed by atoms with van der Waals surface area (Å²) in [6, 6.07) is 6.57. The summed E-state index contributed by atoms with van der Waals surface area (Å²) in [4.78, 5) is 12.2. The van der Waals surface area contributed by atoms with Gasteiger partial charge in [0.05, 0.1) is 18.1 Å². The van der Waals surface area contributed by atoms with Crippen LogP contribution >= 0.6 is 0 Å². The highest BCUT2D eigenvalue weighted by molar-refractivity contribution is 7.89. The van der Waals surface area contributed by atoms with Crippen LogP contribution in [0.5, 0.6) is 0 Å². The fraction of sp³-hybridized carbons (Fsp3) is 0.500. The van der Waals surface area contributed by atoms with Crippen LogP contribution in [0.3, 0.4) is 0 Å². The second-order valence-corrected chi connectivity index (χ2v) is 8.38. The number of nitrogens with zero attached hydrogens (tertiary/aromatic N) is 2. The molecule has 1 aromatic rings. The Bertz CT molecular complexity index is 734. The third kappa shape index (κ3) is 4.91. The van der Waals surface area contributed by atoms with Crippen LogP contribution in [0, 0.1) is 0 Å². The Morgan fingerprint density at radius 2 is 1.65 bits per heavy atom. The van der Waals surface area contributed by atoms with Gasteiger partial charge in [-0.2, -0.15) is 4.31 Å². The van der Waals surface area contributed by atoms with Crippen molar-refractivity contribution in [3.8, 4) is 0 Å². The zero-order chi connectivity index (χ0) is 18.4. The average Bonchev–Trinajstić information content (AvgIpc) is 2.68. The number of sulfonamides is 1. The molecule has 1 aromatic carbocycles. The minimum atomic E-state index is -3.49. The molecule has 2 aliphatic rings. The highest BCUT2D eigenvalue weighted by Gasteiger charge is 2.25. The molecular formula is C18H25N3O4S. The summed E-state index contributed by atoms with van der Waals surface area (Å²) in [6.45, 7) is 3.36. The van der Waals surface area contributed by atoms with E-state index in [9.17, 15) is 13.2 Å². The van der Waals surface area contributed by atoms with Gasteiger partial charge in [0.2, 0.25) is 10.0 Å². The lowest BCUT2D eigenvalue weighted by Crippen LogP contribution is -2.44. The van der Waals surface area contributed by atoms with Crippen molar-refractivity contribution in [1.29, 1.82) is 0 Å². The zero-order valence-corrected chi connectivity index (χ0v) is 15.6. The van der Waals surface area contributed by atoms with Gasteiger partial charge >= 0.3 is 0 Å². The molecule has 7 nitrogen and oxygen atoms in total. The van der Waals surface area contributed by atoms with Crippen molar-refractivity contribution in [2.75, 3.05) is 39.4 Å². The van der Waals surface area contributed by atoms with Crippen molar-refractivity contribution in [2.45, 2.75) is 24.2 Å². The first-order chi connectivity index (χ1) is 12.6. The monoisotopic (exact) mass is 379 g/mol. The molecular weight excluding hydrogens is 354 g/mol. The van der Waals surface area contributed by atoms with Gasteiger partial charge in [0.15, 0.2) is 0 Å². The molecule has 0 spiro atoms. The molecule has 2 aliphatic heterocycles. The molecule has 2 fully saturated rings. The third-order valence-electron chi connectivity index (χ3n) is 4.54. The second kappa shape index (κ2) is 8.77. The van der Waals surface area contributed by atoms with Crippen LogP contribution in [-0.2, 0) is 19.6 Å². The molecule has 0 radical (unpaired) electrons. The maximum atomic E-state index is 12.6. The highest BCUT2D eigenvalue weighted by Crippen LogP contribution is 2.18. The largest absolute Gasteiger partial charge is 0.379 e. The molecule has 0 atom stereocenters. The summed E-state index contributed by atoms with van der Waals surface area (Å²) in [7, 11) is -3.49. The first-order valence-electron chi connectivity index (χ1n) is 8.97. The number of rotatable bonds is 5. The van der Waals surface area contributed by atoms with Crippen LogP contribution in [0.15, 0.2) is 35.2 Å². The molecule has 26 heavy (non-hydrogen) atoms. The first-order valence-corrected chi connectivity index (χ1v) is 10.4. The summed E-state index contributed by atoms with van der Waals surface area (Å²) < 4.78 is 31.8. The molecule has 1 amide bonds. The topological polar surface area (TPSA) is 79.0 Å². The number of ether oxygens (including phenoxy) is 1. The smallest absolute Gasteiger partial charge is 0.258 e. The number of carbonyl (C=O) groups excluding carboxylic acids is 1. The standard InChI is InChI=1S/C18H25N3O4S/c22-18(19-20-10-2-1-3-11-20)9-6-16-4-7-17(8-5-16)26(23,24)21-12-14-25-15-13-21/h4-9H,1-3,10-15H2,(H,19,22)/b9-6+. The van der Waals surface area contributed by atoms with E-state index in [1.54, 1.807) is 30.3 Å². The number of carbonyl (C=O) groups is 1. The SMILES string of the molecule is O=C(/C=C/c1ccc(S(=O)(=O)N2CCOCC2)cc1)NN1CCCCC1. The van der Waals surface area contributed by atoms with Gasteiger partial charge in [-0.3, -0.25) is 10.2 Å². The van der Waals surface area contributed by atoms with Gasteiger partial charge in [-0.15, -0.1) is 0 Å². The number of hydrogen-bond acceptors (Lipinski definition) is 5. The molecule has 1 N–H and O–H groups in total. The predicted molar refractivity (Wildman–Crippen MR) is 98.6 cm³/mol. The lowest BCUT2D eigenvalue weighted by molar-refractivity contribution is -0.121. The lowest BCUT2D eigenvalue weighted by atomic mass is 10.2. The van der Waals surface area contributed by atoms with Crippen molar-refractivity contribution in [2.24, 2.45) is 0 Å². The quantitative estimate of drug-likeness (QED) is 0.779. The Kier molecular flexibility index (Phi) is 6.42. The fourth-order valence-corrected chi connectivity index (χ4v) is 4.47. The van der Waals surface area contributed by atoms with Crippen molar-refractivity contribution < 1.29 is 17.9 Å². The number of amides is 1. The maximum Gasteiger partial charge on any atom is 0.258 e. The molecule has 0 bridgehead atoms. The van der Waals surface area contributed by atoms with Gasteiger partial charge in [-0.1, -0.05) is 18.6 Å². The fourth-order valence-electron chi connectivity index (χ4n) is 3.06. The molecule has 0 aromatic heterocycles. The normalized spacial score (nSPS) is 20.3. The van der Waals surface area contributed by atoms with Crippen molar-refractivity contribution in [1.82, 2.24) is 14.7 Å². The Morgan fingerprint density at radius 3 is 2.31 bits per heavy atom. The molecule has 2 heterocycles. The summed E-state index contributed by atoms with van der Waals surface area (Å²) in [5.41, 5.74) is 3.64. The van der Waals surface area contributed by atoms with E-state index < -0.39 is 10.0 Å². The van der Waals surface area contributed by atoms with Gasteiger partial charge in [0.1, 0.15) is 0 Å². The minimum Gasteiger partial charge on any atom is -0.379 e. The molecule has 8 heteroatoms. The van der Waals surface area contributed by atoms with Gasteiger partial charge in [-0.05, 0) is 36.6 Å². The van der Waals surface area contributed by atoms with Crippen LogP contribution in [0.1, 0.15) is 24.8 Å². The van der Waals surface area contributed by atoms with Gasteiger partial charge in [-0.25, -0.2) is 13.4 Å². The van der Waals surface area contributed by atoms with Crippen LogP contribution in [0.4, 0.5) is 0 Å². The number of benzene rings is 1. The van der Waals surface area contributed by atoms with E-state index in [1.165, 1.54) is 16.8 Å². The minimum absolute atomic E-state index is 0.170. The Hall–Kier alpha value is -1.74. The first kappa shape index (κ1) is 19.0. The van der Waals surface area contributed by atoms with Crippen LogP contribution in [0.25, 0.3) is 6.08 Å². The maximum absolute atomic E-state index is 12.6. The van der Waals surface area contributed by atoms with E-state index in [0.29, 0.717) is 26.3 Å². The zero-order valence-electron chi connectivity index (χ0n) is 14.8. The second-order valence-electron chi connectivity index (χ2n) is 6.44. The van der Waals surface area contributed by atoms with E-state index >= 15 is 0 Å². The molecule has 0 saturated carbocycles. The number of hydrogen-bond donors (Lipinski definition) is 1. The van der Waals surface area contributed by atoms with Gasteiger partial charge in [0, 0.05) is 32.3 Å². The summed E-state index contributed by atoms with van der Waals surface area (Å²) in [5, 5.41) is 1.94. The number of morpholine rings is 1. The summed E-state index contributed by atoms with van der Waals surface area (Å²) >= 11 is 0. The molecule has 142 valence electrons. The predicted octanol–water partition coefficient (Wildman–Crippen LogP) is 1.24. The van der Waals surface area contributed by atoms with Crippen LogP contribution in [0.2, 0.25) is 0 Å². The van der Waals surface area contributed by atoms with E-state index in [1.807, 2.05) is 5.01 Å². The molecule has 0 unspecified atom stereocenters. The summed E-state index contributed by atoms with van der Waals surface area (Å²) in [5.74, 6) is -0.170. The van der Waals surface area contributed by atoms with Gasteiger partial charge in [0.25, 0.3) is 5.91 Å². The van der Waals surface area contributed by atoms with E-state index in [-0.39, 0.29) is 10.8 Å². The van der Waals surface area contributed by atoms with E-state index in [0.717, 1.165) is 31.5 Å². The molecule has 2 saturated heterocycles. The lowest BCUT2D eigenvalue weighted by Gasteiger charge is -2.26. The highest BCUT2D eigenvalue weighted by atomic mass is 32.2. The Labute approximate surface area is 154 Å². The Balaban J connectivity index is 1.59. The van der Waals surface area contributed by atoms with Crippen molar-refractivity contribution in [3.05, 3.63) is 35.9 Å². The Morgan fingerprint density at radius 1 is 1.00 bits per heavy atom. The van der Waals surface area contributed by atoms with E-state index in [2.05, 4.69) is 5.43 Å². The number of piperidine rings is 1. The average molecular weight is 379 g/mol. The molecule has 3 rings (SSSR count). The van der Waals surface area contributed by atoms with Crippen LogP contribution < -0.4 is 5.43 Å². The van der Waals surface area contributed by atoms with E-state index in [4.69, 9.17) is 4.74 Å². The van der Waals surface area contributed by atoms with Gasteiger partial charge < -0.3 is 4.74 Å². The van der Waals surface area contributed by atoms with Crippen molar-refractivity contribution in [3.63, 3.8) is 0 Å². The number of nitrogens with one attached hydrogen (secondary N) is 1. The summed E-state index contributed by atoms with van der Waals surface area (Å²) in [6.07, 6.45) is 6.57. The third-order valence-corrected chi connectivity index (χ3v) is 6.45.